The fourth-order valence-electron chi connectivity index (χ4n) is 2.31. The molecule has 0 aliphatic rings. The van der Waals surface area contributed by atoms with Gasteiger partial charge in [-0.25, -0.2) is 0 Å². The van der Waals surface area contributed by atoms with Crippen LogP contribution < -0.4 is 4.74 Å². The van der Waals surface area contributed by atoms with Crippen LogP contribution in [0.3, 0.4) is 0 Å². The number of hydrogen-bond acceptors (Lipinski definition) is 1. The molecule has 0 N–H and O–H groups in total. The largest absolute Gasteiger partial charge is 0.496 e. The zero-order chi connectivity index (χ0) is 14.6. The second-order valence-corrected chi connectivity index (χ2v) is 5.38. The fourth-order valence-corrected chi connectivity index (χ4v) is 2.47. The van der Waals surface area contributed by atoms with E-state index >= 15 is 0 Å². The number of rotatable bonds is 3. The number of halogens is 1. The summed E-state index contributed by atoms with van der Waals surface area (Å²) >= 11 is 6.37. The molecule has 2 atom stereocenters. The van der Waals surface area contributed by atoms with Crippen LogP contribution in [-0.4, -0.2) is 7.11 Å². The SMILES string of the molecule is CCC#CC(C)C(C)c1c(OC)cc(C)c(Cl)c1C. The Hall–Kier alpha value is -1.13. The van der Waals surface area contributed by atoms with Crippen molar-refractivity contribution in [2.75, 3.05) is 7.11 Å². The predicted molar refractivity (Wildman–Crippen MR) is 83.1 cm³/mol. The molecule has 0 radical (unpaired) electrons. The van der Waals surface area contributed by atoms with E-state index in [-0.39, 0.29) is 5.92 Å². The zero-order valence-electron chi connectivity index (χ0n) is 12.7. The van der Waals surface area contributed by atoms with Crippen molar-refractivity contribution in [3.8, 4) is 17.6 Å². The first kappa shape index (κ1) is 15.9. The van der Waals surface area contributed by atoms with Crippen LogP contribution in [0.1, 0.15) is 49.8 Å². The monoisotopic (exact) mass is 278 g/mol. The third-order valence-corrected chi connectivity index (χ3v) is 4.21. The molecule has 0 saturated carbocycles. The summed E-state index contributed by atoms with van der Waals surface area (Å²) in [6.45, 7) is 10.5. The molecule has 0 aliphatic heterocycles. The van der Waals surface area contributed by atoms with E-state index in [1.165, 1.54) is 5.56 Å². The van der Waals surface area contributed by atoms with Crippen LogP contribution in [0.25, 0.3) is 0 Å². The standard InChI is InChI=1S/C17H23ClO/c1-7-8-9-11(2)13(4)16-14(5)17(18)12(3)10-15(16)19-6/h10-11,13H,7H2,1-6H3. The van der Waals surface area contributed by atoms with Crippen LogP contribution in [0.4, 0.5) is 0 Å². The Bertz CT molecular complexity index is 508. The van der Waals surface area contributed by atoms with Gasteiger partial charge in [0.25, 0.3) is 0 Å². The average Bonchev–Trinajstić information content (AvgIpc) is 2.40. The van der Waals surface area contributed by atoms with Crippen molar-refractivity contribution in [1.29, 1.82) is 0 Å². The summed E-state index contributed by atoms with van der Waals surface area (Å²) in [5.74, 6) is 7.95. The molecule has 0 heterocycles. The first-order chi connectivity index (χ1) is 8.93. The lowest BCUT2D eigenvalue weighted by Gasteiger charge is -2.22. The van der Waals surface area contributed by atoms with Crippen molar-refractivity contribution in [2.24, 2.45) is 5.92 Å². The highest BCUT2D eigenvalue weighted by Crippen LogP contribution is 2.39. The molecule has 1 aromatic rings. The highest BCUT2D eigenvalue weighted by Gasteiger charge is 2.21. The molecule has 0 saturated heterocycles. The third-order valence-electron chi connectivity index (χ3n) is 3.62. The zero-order valence-corrected chi connectivity index (χ0v) is 13.5. The molecule has 0 fully saturated rings. The maximum atomic E-state index is 6.37. The summed E-state index contributed by atoms with van der Waals surface area (Å²) in [5.41, 5.74) is 3.34. The van der Waals surface area contributed by atoms with Gasteiger partial charge in [-0.05, 0) is 37.0 Å². The summed E-state index contributed by atoms with van der Waals surface area (Å²) in [6.07, 6.45) is 0.891. The summed E-state index contributed by atoms with van der Waals surface area (Å²) < 4.78 is 5.53. The minimum absolute atomic E-state index is 0.284. The Morgan fingerprint density at radius 2 is 1.95 bits per heavy atom. The minimum atomic E-state index is 0.284. The van der Waals surface area contributed by atoms with Gasteiger partial charge in [0.1, 0.15) is 5.75 Å². The van der Waals surface area contributed by atoms with Crippen molar-refractivity contribution < 1.29 is 4.74 Å². The van der Waals surface area contributed by atoms with E-state index in [1.54, 1.807) is 7.11 Å². The fraction of sp³-hybridized carbons (Fsp3) is 0.529. The average molecular weight is 279 g/mol. The molecule has 1 aromatic carbocycles. The normalized spacial score (nSPS) is 13.4. The van der Waals surface area contributed by atoms with Gasteiger partial charge >= 0.3 is 0 Å². The van der Waals surface area contributed by atoms with Gasteiger partial charge in [0, 0.05) is 22.9 Å². The quantitative estimate of drug-likeness (QED) is 0.698. The second kappa shape index (κ2) is 6.87. The van der Waals surface area contributed by atoms with E-state index < -0.39 is 0 Å². The van der Waals surface area contributed by atoms with Crippen LogP contribution >= 0.6 is 11.6 Å². The van der Waals surface area contributed by atoms with Crippen molar-refractivity contribution in [2.45, 2.75) is 47.0 Å². The Morgan fingerprint density at radius 1 is 1.32 bits per heavy atom. The van der Waals surface area contributed by atoms with Gasteiger partial charge in [-0.2, -0.15) is 0 Å². The molecule has 0 aliphatic carbocycles. The van der Waals surface area contributed by atoms with Gasteiger partial charge in [-0.3, -0.25) is 0 Å². The summed E-state index contributed by atoms with van der Waals surface area (Å²) in [5, 5.41) is 0.832. The topological polar surface area (TPSA) is 9.23 Å². The van der Waals surface area contributed by atoms with Crippen molar-refractivity contribution >= 4 is 11.6 Å². The molecule has 0 aromatic heterocycles. The highest BCUT2D eigenvalue weighted by molar-refractivity contribution is 6.32. The number of benzene rings is 1. The maximum absolute atomic E-state index is 6.37. The smallest absolute Gasteiger partial charge is 0.122 e. The molecule has 104 valence electrons. The number of hydrogen-bond donors (Lipinski definition) is 0. The molecule has 0 bridgehead atoms. The minimum Gasteiger partial charge on any atom is -0.496 e. The molecule has 1 nitrogen and oxygen atoms in total. The van der Waals surface area contributed by atoms with E-state index in [4.69, 9.17) is 16.3 Å². The van der Waals surface area contributed by atoms with E-state index in [2.05, 4.69) is 39.5 Å². The van der Waals surface area contributed by atoms with Crippen LogP contribution in [-0.2, 0) is 0 Å². The second-order valence-electron chi connectivity index (χ2n) is 5.00. The lowest BCUT2D eigenvalue weighted by Crippen LogP contribution is -2.09. The Kier molecular flexibility index (Phi) is 5.76. The van der Waals surface area contributed by atoms with E-state index in [9.17, 15) is 0 Å². The van der Waals surface area contributed by atoms with Gasteiger partial charge in [-0.15, -0.1) is 5.92 Å². The molecule has 0 spiro atoms. The number of methoxy groups -OCH3 is 1. The molecule has 2 heteroatoms. The van der Waals surface area contributed by atoms with Gasteiger partial charge in [0.2, 0.25) is 0 Å². The number of aryl methyl sites for hydroxylation is 1. The van der Waals surface area contributed by atoms with Gasteiger partial charge in [0.15, 0.2) is 0 Å². The Labute approximate surface area is 122 Å². The van der Waals surface area contributed by atoms with Crippen LogP contribution in [0.2, 0.25) is 5.02 Å². The van der Waals surface area contributed by atoms with Gasteiger partial charge in [-0.1, -0.05) is 38.3 Å². The molecular formula is C17H23ClO. The number of ether oxygens (including phenoxy) is 1. The van der Waals surface area contributed by atoms with Crippen molar-refractivity contribution in [1.82, 2.24) is 0 Å². The Morgan fingerprint density at radius 3 is 2.47 bits per heavy atom. The summed E-state index contributed by atoms with van der Waals surface area (Å²) in [6, 6.07) is 2.02. The summed E-state index contributed by atoms with van der Waals surface area (Å²) in [4.78, 5) is 0. The summed E-state index contributed by atoms with van der Waals surface area (Å²) in [7, 11) is 1.71. The predicted octanol–water partition coefficient (Wildman–Crippen LogP) is 5.12. The highest BCUT2D eigenvalue weighted by atomic mass is 35.5. The van der Waals surface area contributed by atoms with E-state index in [1.807, 2.05) is 13.0 Å². The lowest BCUT2D eigenvalue weighted by atomic mass is 9.85. The molecule has 19 heavy (non-hydrogen) atoms. The van der Waals surface area contributed by atoms with Crippen LogP contribution in [0, 0.1) is 31.6 Å². The first-order valence-electron chi connectivity index (χ1n) is 6.75. The van der Waals surface area contributed by atoms with Gasteiger partial charge in [0.05, 0.1) is 7.11 Å². The maximum Gasteiger partial charge on any atom is 0.122 e. The molecular weight excluding hydrogens is 256 g/mol. The van der Waals surface area contributed by atoms with E-state index in [0.717, 1.165) is 28.3 Å². The van der Waals surface area contributed by atoms with Crippen LogP contribution in [0.5, 0.6) is 5.75 Å². The Balaban J connectivity index is 3.29. The van der Waals surface area contributed by atoms with Crippen molar-refractivity contribution in [3.05, 3.63) is 27.8 Å². The first-order valence-corrected chi connectivity index (χ1v) is 7.13. The molecule has 0 amide bonds. The third kappa shape index (κ3) is 3.45. The lowest BCUT2D eigenvalue weighted by molar-refractivity contribution is 0.401. The molecule has 1 rings (SSSR count). The molecule has 2 unspecified atom stereocenters. The van der Waals surface area contributed by atoms with Crippen LogP contribution in [0.15, 0.2) is 6.07 Å². The van der Waals surface area contributed by atoms with Crippen molar-refractivity contribution in [3.63, 3.8) is 0 Å². The van der Waals surface area contributed by atoms with Gasteiger partial charge < -0.3 is 4.74 Å². The van der Waals surface area contributed by atoms with E-state index in [0.29, 0.717) is 5.92 Å².